The molecule has 0 heterocycles. The lowest BCUT2D eigenvalue weighted by molar-refractivity contribution is -0.135. The summed E-state index contributed by atoms with van der Waals surface area (Å²) in [6, 6.07) is 3.52. The Bertz CT molecular complexity index is 350. The maximum atomic E-state index is 13.0. The molecule has 0 aliphatic heterocycles. The Kier molecular flexibility index (Phi) is 3.19. The molecule has 1 unspecified atom stereocenters. The van der Waals surface area contributed by atoms with Gasteiger partial charge in [0.1, 0.15) is 17.6 Å². The zero-order chi connectivity index (χ0) is 10.7. The molecule has 0 aliphatic rings. The summed E-state index contributed by atoms with van der Waals surface area (Å²) in [6.07, 6.45) is 0. The highest BCUT2D eigenvalue weighted by Crippen LogP contribution is 2.16. The Hall–Kier alpha value is -1.42. The van der Waals surface area contributed by atoms with Gasteiger partial charge in [0.25, 0.3) is 0 Å². The number of nitrogens with two attached hydrogens (primary N) is 1. The van der Waals surface area contributed by atoms with Gasteiger partial charge in [-0.15, -0.1) is 0 Å². The van der Waals surface area contributed by atoms with Crippen LogP contribution in [0.25, 0.3) is 0 Å². The van der Waals surface area contributed by atoms with Gasteiger partial charge in [0.15, 0.2) is 0 Å². The number of carbonyl (C=O) groups is 1. The first-order valence-electron chi connectivity index (χ1n) is 4.24. The number of halogens is 1. The van der Waals surface area contributed by atoms with Gasteiger partial charge in [-0.2, -0.15) is 0 Å². The SMILES string of the molecule is Cc1ccc(OC(=O)C(C)N)cc1F. The van der Waals surface area contributed by atoms with Crippen LogP contribution in [0.15, 0.2) is 18.2 Å². The number of hydrogen-bond acceptors (Lipinski definition) is 3. The Morgan fingerprint density at radius 1 is 1.57 bits per heavy atom. The maximum absolute atomic E-state index is 13.0. The summed E-state index contributed by atoms with van der Waals surface area (Å²) in [6.45, 7) is 3.14. The van der Waals surface area contributed by atoms with E-state index in [0.29, 0.717) is 5.56 Å². The van der Waals surface area contributed by atoms with Crippen molar-refractivity contribution in [2.45, 2.75) is 19.9 Å². The summed E-state index contributed by atoms with van der Waals surface area (Å²) >= 11 is 0. The van der Waals surface area contributed by atoms with E-state index in [-0.39, 0.29) is 5.75 Å². The number of hydrogen-bond donors (Lipinski definition) is 1. The van der Waals surface area contributed by atoms with Crippen molar-refractivity contribution < 1.29 is 13.9 Å². The van der Waals surface area contributed by atoms with Crippen molar-refractivity contribution in [1.29, 1.82) is 0 Å². The van der Waals surface area contributed by atoms with Gasteiger partial charge in [0, 0.05) is 6.07 Å². The molecule has 0 aliphatic carbocycles. The highest BCUT2D eigenvalue weighted by molar-refractivity contribution is 5.77. The van der Waals surface area contributed by atoms with Crippen molar-refractivity contribution in [3.63, 3.8) is 0 Å². The molecule has 1 atom stereocenters. The summed E-state index contributed by atoms with van der Waals surface area (Å²) in [7, 11) is 0. The van der Waals surface area contributed by atoms with E-state index < -0.39 is 17.8 Å². The Balaban J connectivity index is 2.78. The highest BCUT2D eigenvalue weighted by Gasteiger charge is 2.10. The topological polar surface area (TPSA) is 52.3 Å². The van der Waals surface area contributed by atoms with Gasteiger partial charge in [0.2, 0.25) is 0 Å². The number of ether oxygens (including phenoxy) is 1. The van der Waals surface area contributed by atoms with Crippen LogP contribution in [0.4, 0.5) is 4.39 Å². The summed E-state index contributed by atoms with van der Waals surface area (Å²) in [5.74, 6) is -0.802. The van der Waals surface area contributed by atoms with Crippen LogP contribution in [0.5, 0.6) is 5.75 Å². The first kappa shape index (κ1) is 10.7. The fourth-order valence-corrected chi connectivity index (χ4v) is 0.846. The lowest BCUT2D eigenvalue weighted by Gasteiger charge is -2.06. The third kappa shape index (κ3) is 2.53. The van der Waals surface area contributed by atoms with Gasteiger partial charge in [-0.3, -0.25) is 0 Å². The van der Waals surface area contributed by atoms with E-state index in [1.54, 1.807) is 13.0 Å². The van der Waals surface area contributed by atoms with Gasteiger partial charge in [-0.25, -0.2) is 9.18 Å². The molecule has 4 heteroatoms. The zero-order valence-electron chi connectivity index (χ0n) is 8.08. The molecule has 0 saturated carbocycles. The van der Waals surface area contributed by atoms with Crippen LogP contribution < -0.4 is 10.5 Å². The van der Waals surface area contributed by atoms with E-state index >= 15 is 0 Å². The van der Waals surface area contributed by atoms with E-state index in [1.807, 2.05) is 0 Å². The number of aryl methyl sites for hydroxylation is 1. The van der Waals surface area contributed by atoms with Crippen LogP contribution in [0.3, 0.4) is 0 Å². The van der Waals surface area contributed by atoms with E-state index in [9.17, 15) is 9.18 Å². The molecular formula is C10H12FNO2. The molecule has 1 rings (SSSR count). The van der Waals surface area contributed by atoms with Crippen LogP contribution in [-0.2, 0) is 4.79 Å². The third-order valence-corrected chi connectivity index (χ3v) is 1.73. The molecule has 0 bridgehead atoms. The molecular weight excluding hydrogens is 185 g/mol. The second-order valence-electron chi connectivity index (χ2n) is 3.12. The minimum Gasteiger partial charge on any atom is -0.425 e. The van der Waals surface area contributed by atoms with Crippen molar-refractivity contribution in [1.82, 2.24) is 0 Å². The lowest BCUT2D eigenvalue weighted by Crippen LogP contribution is -2.30. The highest BCUT2D eigenvalue weighted by atomic mass is 19.1. The summed E-state index contributed by atoms with van der Waals surface area (Å²) in [5.41, 5.74) is 5.79. The molecule has 3 nitrogen and oxygen atoms in total. The lowest BCUT2D eigenvalue weighted by atomic mass is 10.2. The zero-order valence-corrected chi connectivity index (χ0v) is 8.08. The Labute approximate surface area is 81.7 Å². The standard InChI is InChI=1S/C10H12FNO2/c1-6-3-4-8(5-9(6)11)14-10(13)7(2)12/h3-5,7H,12H2,1-2H3. The second kappa shape index (κ2) is 4.19. The van der Waals surface area contributed by atoms with Crippen molar-refractivity contribution in [3.8, 4) is 5.75 Å². The average Bonchev–Trinajstić information content (AvgIpc) is 2.11. The quantitative estimate of drug-likeness (QED) is 0.575. The molecule has 0 spiro atoms. The van der Waals surface area contributed by atoms with E-state index in [0.717, 1.165) is 6.07 Å². The summed E-state index contributed by atoms with van der Waals surface area (Å²) < 4.78 is 17.8. The molecule has 76 valence electrons. The van der Waals surface area contributed by atoms with E-state index in [4.69, 9.17) is 10.5 Å². The molecule has 14 heavy (non-hydrogen) atoms. The molecule has 1 aromatic carbocycles. The Morgan fingerprint density at radius 2 is 2.21 bits per heavy atom. The van der Waals surface area contributed by atoms with Crippen LogP contribution in [-0.4, -0.2) is 12.0 Å². The van der Waals surface area contributed by atoms with Crippen LogP contribution in [0.1, 0.15) is 12.5 Å². The molecule has 0 radical (unpaired) electrons. The normalized spacial score (nSPS) is 12.3. The Morgan fingerprint density at radius 3 is 2.71 bits per heavy atom. The molecule has 1 aromatic rings. The summed E-state index contributed by atoms with van der Waals surface area (Å²) in [5, 5.41) is 0. The van der Waals surface area contributed by atoms with Crippen molar-refractivity contribution in [3.05, 3.63) is 29.6 Å². The van der Waals surface area contributed by atoms with Crippen LogP contribution in [0.2, 0.25) is 0 Å². The van der Waals surface area contributed by atoms with Gasteiger partial charge < -0.3 is 10.5 Å². The van der Waals surface area contributed by atoms with Gasteiger partial charge in [-0.05, 0) is 25.5 Å². The average molecular weight is 197 g/mol. The minimum absolute atomic E-state index is 0.176. The molecule has 0 amide bonds. The van der Waals surface area contributed by atoms with Crippen molar-refractivity contribution >= 4 is 5.97 Å². The minimum atomic E-state index is -0.709. The largest absolute Gasteiger partial charge is 0.425 e. The molecule has 0 fully saturated rings. The molecule has 0 aromatic heterocycles. The summed E-state index contributed by atoms with van der Waals surface area (Å²) in [4.78, 5) is 11.0. The van der Waals surface area contributed by atoms with E-state index in [1.165, 1.54) is 13.0 Å². The van der Waals surface area contributed by atoms with Crippen LogP contribution >= 0.6 is 0 Å². The maximum Gasteiger partial charge on any atom is 0.328 e. The molecule has 0 saturated heterocycles. The fraction of sp³-hybridized carbons (Fsp3) is 0.300. The first-order chi connectivity index (χ1) is 6.50. The van der Waals surface area contributed by atoms with E-state index in [2.05, 4.69) is 0 Å². The molecule has 2 N–H and O–H groups in total. The number of carbonyl (C=O) groups excluding carboxylic acids is 1. The monoisotopic (exact) mass is 197 g/mol. The second-order valence-corrected chi connectivity index (χ2v) is 3.12. The number of rotatable bonds is 2. The predicted molar refractivity (Wildman–Crippen MR) is 50.4 cm³/mol. The van der Waals surface area contributed by atoms with Crippen molar-refractivity contribution in [2.75, 3.05) is 0 Å². The van der Waals surface area contributed by atoms with Gasteiger partial charge in [-0.1, -0.05) is 6.07 Å². The predicted octanol–water partition coefficient (Wildman–Crippen LogP) is 1.39. The first-order valence-corrected chi connectivity index (χ1v) is 4.24. The number of esters is 1. The third-order valence-electron chi connectivity index (χ3n) is 1.73. The van der Waals surface area contributed by atoms with Crippen molar-refractivity contribution in [2.24, 2.45) is 5.73 Å². The number of benzene rings is 1. The van der Waals surface area contributed by atoms with Gasteiger partial charge in [0.05, 0.1) is 0 Å². The van der Waals surface area contributed by atoms with Gasteiger partial charge >= 0.3 is 5.97 Å². The smallest absolute Gasteiger partial charge is 0.328 e. The van der Waals surface area contributed by atoms with Crippen LogP contribution in [0, 0.1) is 12.7 Å². The fourth-order valence-electron chi connectivity index (χ4n) is 0.846.